The van der Waals surface area contributed by atoms with Crippen LogP contribution in [0.4, 0.5) is 11.4 Å². The highest BCUT2D eigenvalue weighted by atomic mass is 35.5. The van der Waals surface area contributed by atoms with E-state index in [-0.39, 0.29) is 11.8 Å². The summed E-state index contributed by atoms with van der Waals surface area (Å²) in [7, 11) is 0. The number of hydrogen-bond acceptors (Lipinski definition) is 3. The molecule has 2 heterocycles. The molecule has 27 heavy (non-hydrogen) atoms. The van der Waals surface area contributed by atoms with Gasteiger partial charge in [0, 0.05) is 55.9 Å². The van der Waals surface area contributed by atoms with Gasteiger partial charge in [-0.15, -0.1) is 0 Å². The van der Waals surface area contributed by atoms with E-state index in [9.17, 15) is 9.59 Å². The van der Waals surface area contributed by atoms with E-state index in [0.29, 0.717) is 19.5 Å². The summed E-state index contributed by atoms with van der Waals surface area (Å²) >= 11 is 5.96. The lowest BCUT2D eigenvalue weighted by atomic mass is 10.1. The number of rotatable bonds is 2. The van der Waals surface area contributed by atoms with E-state index in [1.54, 1.807) is 4.90 Å². The largest absolute Gasteiger partial charge is 0.368 e. The number of anilines is 2. The Morgan fingerprint density at radius 2 is 1.63 bits per heavy atom. The number of halogens is 1. The van der Waals surface area contributed by atoms with Gasteiger partial charge in [0.05, 0.1) is 0 Å². The maximum Gasteiger partial charge on any atom is 0.246 e. The van der Waals surface area contributed by atoms with Crippen molar-refractivity contribution in [2.24, 2.45) is 0 Å². The predicted molar refractivity (Wildman–Crippen MR) is 107 cm³/mol. The lowest BCUT2D eigenvalue weighted by Gasteiger charge is -2.38. The predicted octanol–water partition coefficient (Wildman–Crippen LogP) is 2.97. The van der Waals surface area contributed by atoms with Crippen molar-refractivity contribution in [1.82, 2.24) is 4.90 Å². The van der Waals surface area contributed by atoms with Crippen LogP contribution in [0.1, 0.15) is 12.5 Å². The zero-order chi connectivity index (χ0) is 19.0. The molecule has 5 nitrogen and oxygen atoms in total. The van der Waals surface area contributed by atoms with Crippen molar-refractivity contribution in [3.05, 3.63) is 59.1 Å². The van der Waals surface area contributed by atoms with Crippen molar-refractivity contribution in [1.29, 1.82) is 0 Å². The number of fused-ring (bicyclic) bond motifs is 1. The fourth-order valence-corrected chi connectivity index (χ4v) is 4.15. The molecule has 0 saturated carbocycles. The van der Waals surface area contributed by atoms with Crippen LogP contribution in [-0.4, -0.2) is 48.9 Å². The van der Waals surface area contributed by atoms with Gasteiger partial charge in [0.2, 0.25) is 11.8 Å². The lowest BCUT2D eigenvalue weighted by Crippen LogP contribution is -2.55. The Balaban J connectivity index is 1.45. The third-order valence-electron chi connectivity index (χ3n) is 5.38. The van der Waals surface area contributed by atoms with Gasteiger partial charge in [-0.3, -0.25) is 14.5 Å². The number of nitrogens with zero attached hydrogens (tertiary/aromatic N) is 3. The molecule has 2 aliphatic heterocycles. The van der Waals surface area contributed by atoms with Gasteiger partial charge in [-0.2, -0.15) is 0 Å². The molecule has 1 atom stereocenters. The molecule has 0 aromatic heterocycles. The number of hydrogen-bond donors (Lipinski definition) is 0. The van der Waals surface area contributed by atoms with Gasteiger partial charge >= 0.3 is 0 Å². The van der Waals surface area contributed by atoms with Crippen LogP contribution in [0.3, 0.4) is 0 Å². The summed E-state index contributed by atoms with van der Waals surface area (Å²) in [6, 6.07) is 15.1. The van der Waals surface area contributed by atoms with Gasteiger partial charge in [0.15, 0.2) is 0 Å². The number of para-hydroxylation sites is 1. The van der Waals surface area contributed by atoms with Crippen molar-refractivity contribution in [2.45, 2.75) is 19.4 Å². The van der Waals surface area contributed by atoms with Gasteiger partial charge in [-0.05, 0) is 35.9 Å². The van der Waals surface area contributed by atoms with Crippen LogP contribution in [-0.2, 0) is 16.0 Å². The Hall–Kier alpha value is -2.53. The topological polar surface area (TPSA) is 43.9 Å². The Morgan fingerprint density at radius 3 is 2.30 bits per heavy atom. The second-order valence-electron chi connectivity index (χ2n) is 7.03. The number of amides is 2. The van der Waals surface area contributed by atoms with E-state index in [0.717, 1.165) is 35.1 Å². The molecular formula is C21H22ClN3O2. The van der Waals surface area contributed by atoms with Gasteiger partial charge in [0.25, 0.3) is 0 Å². The Morgan fingerprint density at radius 1 is 0.963 bits per heavy atom. The number of benzene rings is 2. The molecule has 2 aliphatic rings. The number of carbonyl (C=O) groups excluding carboxylic acids is 2. The molecule has 2 aromatic rings. The van der Waals surface area contributed by atoms with E-state index in [2.05, 4.69) is 4.90 Å². The van der Waals surface area contributed by atoms with Crippen molar-refractivity contribution in [3.8, 4) is 0 Å². The maximum atomic E-state index is 13.2. The Bertz CT molecular complexity index is 860. The van der Waals surface area contributed by atoms with Crippen LogP contribution in [0.15, 0.2) is 48.5 Å². The van der Waals surface area contributed by atoms with Crippen LogP contribution < -0.4 is 9.80 Å². The highest BCUT2D eigenvalue weighted by Crippen LogP contribution is 2.33. The minimum atomic E-state index is -0.429. The molecule has 0 radical (unpaired) electrons. The number of piperazine rings is 1. The van der Waals surface area contributed by atoms with Crippen LogP contribution in [0.5, 0.6) is 0 Å². The lowest BCUT2D eigenvalue weighted by molar-refractivity contribution is -0.134. The first-order chi connectivity index (χ1) is 13.0. The summed E-state index contributed by atoms with van der Waals surface area (Å²) in [5, 5.41) is 0.720. The van der Waals surface area contributed by atoms with E-state index >= 15 is 0 Å². The molecule has 1 saturated heterocycles. The Labute approximate surface area is 164 Å². The molecule has 140 valence electrons. The average Bonchev–Trinajstić information content (AvgIpc) is 3.08. The molecular weight excluding hydrogens is 362 g/mol. The molecule has 0 unspecified atom stereocenters. The van der Waals surface area contributed by atoms with E-state index in [1.807, 2.05) is 53.4 Å². The molecule has 2 aromatic carbocycles. The molecule has 0 N–H and O–H groups in total. The monoisotopic (exact) mass is 383 g/mol. The highest BCUT2D eigenvalue weighted by Gasteiger charge is 2.39. The van der Waals surface area contributed by atoms with Gasteiger partial charge in [-0.1, -0.05) is 29.8 Å². The first kappa shape index (κ1) is 17.9. The summed E-state index contributed by atoms with van der Waals surface area (Å²) in [5.74, 6) is -0.0461. The van der Waals surface area contributed by atoms with Gasteiger partial charge < -0.3 is 9.80 Å². The molecule has 0 spiro atoms. The second kappa shape index (κ2) is 7.24. The van der Waals surface area contributed by atoms with Crippen LogP contribution in [0.25, 0.3) is 0 Å². The van der Waals surface area contributed by atoms with E-state index < -0.39 is 6.04 Å². The zero-order valence-corrected chi connectivity index (χ0v) is 16.0. The third-order valence-corrected chi connectivity index (χ3v) is 5.64. The fourth-order valence-electron chi connectivity index (χ4n) is 4.02. The molecule has 6 heteroatoms. The third kappa shape index (κ3) is 3.39. The highest BCUT2D eigenvalue weighted by molar-refractivity contribution is 6.30. The quantitative estimate of drug-likeness (QED) is 0.800. The van der Waals surface area contributed by atoms with Crippen molar-refractivity contribution in [3.63, 3.8) is 0 Å². The summed E-state index contributed by atoms with van der Waals surface area (Å²) in [4.78, 5) is 31.2. The summed E-state index contributed by atoms with van der Waals surface area (Å²) < 4.78 is 0. The molecule has 4 rings (SSSR count). The van der Waals surface area contributed by atoms with Gasteiger partial charge in [0.1, 0.15) is 6.04 Å². The van der Waals surface area contributed by atoms with E-state index in [4.69, 9.17) is 11.6 Å². The first-order valence-corrected chi connectivity index (χ1v) is 9.59. The number of carbonyl (C=O) groups is 2. The second-order valence-corrected chi connectivity index (χ2v) is 7.46. The summed E-state index contributed by atoms with van der Waals surface area (Å²) in [6.45, 7) is 4.38. The summed E-state index contributed by atoms with van der Waals surface area (Å²) in [5.41, 5.74) is 3.04. The van der Waals surface area contributed by atoms with Crippen molar-refractivity contribution in [2.75, 3.05) is 36.0 Å². The molecule has 2 amide bonds. The maximum absolute atomic E-state index is 13.2. The Kier molecular flexibility index (Phi) is 4.79. The minimum absolute atomic E-state index is 0.0390. The van der Waals surface area contributed by atoms with E-state index in [1.165, 1.54) is 6.92 Å². The fraction of sp³-hybridized carbons (Fsp3) is 0.333. The minimum Gasteiger partial charge on any atom is -0.368 e. The zero-order valence-electron chi connectivity index (χ0n) is 15.3. The van der Waals surface area contributed by atoms with Crippen molar-refractivity contribution < 1.29 is 9.59 Å². The van der Waals surface area contributed by atoms with Crippen molar-refractivity contribution >= 4 is 34.8 Å². The van der Waals surface area contributed by atoms with Crippen LogP contribution >= 0.6 is 11.6 Å². The molecule has 0 bridgehead atoms. The molecule has 1 fully saturated rings. The van der Waals surface area contributed by atoms with Crippen LogP contribution in [0.2, 0.25) is 5.02 Å². The van der Waals surface area contributed by atoms with Crippen LogP contribution in [0, 0.1) is 0 Å². The normalized spacial score (nSPS) is 19.2. The smallest absolute Gasteiger partial charge is 0.246 e. The molecule has 0 aliphatic carbocycles. The first-order valence-electron chi connectivity index (χ1n) is 9.21. The SMILES string of the molecule is CC(=O)N1c2ccccc2C[C@@H]1C(=O)N1CCN(c2ccc(Cl)cc2)CC1. The summed E-state index contributed by atoms with van der Waals surface area (Å²) in [6.07, 6.45) is 0.589. The van der Waals surface area contributed by atoms with Gasteiger partial charge in [-0.25, -0.2) is 0 Å². The average molecular weight is 384 g/mol. The standard InChI is InChI=1S/C21H22ClN3O2/c1-15(26)25-19-5-3-2-4-16(19)14-20(25)21(27)24-12-10-23(11-13-24)18-8-6-17(22)7-9-18/h2-9,20H,10-14H2,1H3/t20-/m1/s1.